The molecule has 1 aliphatic rings. The Kier molecular flexibility index (Phi) is 4.18. The maximum absolute atomic E-state index is 11.2. The van der Waals surface area contributed by atoms with E-state index in [-0.39, 0.29) is 17.8 Å². The average Bonchev–Trinajstić information content (AvgIpc) is 2.25. The second-order valence-electron chi connectivity index (χ2n) is 3.49. The third-order valence-electron chi connectivity index (χ3n) is 2.56. The lowest BCUT2D eigenvalue weighted by atomic mass is 9.82. The minimum atomic E-state index is -0.150. The largest absolute Gasteiger partial charge is 0.469 e. The number of aldehydes is 1. The van der Waals surface area contributed by atoms with E-state index in [1.54, 1.807) is 0 Å². The maximum atomic E-state index is 11.2. The molecule has 1 rings (SSSR count). The number of hydrogen-bond acceptors (Lipinski definition) is 3. The summed E-state index contributed by atoms with van der Waals surface area (Å²) in [4.78, 5) is 21.3. The van der Waals surface area contributed by atoms with Gasteiger partial charge in [0.05, 0.1) is 13.0 Å². The molecule has 0 aromatic heterocycles. The van der Waals surface area contributed by atoms with E-state index >= 15 is 0 Å². The standard InChI is InChI=1S/C11H14O3/c1-14-11(13)10-6-2-4-9(8-10)5-3-7-12/h7,9-10H,2,4,6,8H2,1H3. The minimum absolute atomic E-state index is 0.0281. The highest BCUT2D eigenvalue weighted by molar-refractivity contribution is 5.73. The van der Waals surface area contributed by atoms with Crippen LogP contribution in [0.15, 0.2) is 0 Å². The third-order valence-corrected chi connectivity index (χ3v) is 2.56. The average molecular weight is 194 g/mol. The molecule has 2 unspecified atom stereocenters. The first-order valence-electron chi connectivity index (χ1n) is 4.80. The molecule has 0 aromatic carbocycles. The molecular formula is C11H14O3. The summed E-state index contributed by atoms with van der Waals surface area (Å²) in [5.41, 5.74) is 0. The Morgan fingerprint density at radius 3 is 2.93 bits per heavy atom. The number of ether oxygens (including phenoxy) is 1. The molecule has 0 spiro atoms. The number of hydrogen-bond donors (Lipinski definition) is 0. The van der Waals surface area contributed by atoms with Crippen molar-refractivity contribution in [1.29, 1.82) is 0 Å². The van der Waals surface area contributed by atoms with Gasteiger partial charge in [-0.15, -0.1) is 0 Å². The number of methoxy groups -OCH3 is 1. The zero-order valence-corrected chi connectivity index (χ0v) is 8.29. The summed E-state index contributed by atoms with van der Waals surface area (Å²) in [6, 6.07) is 0. The fourth-order valence-corrected chi connectivity index (χ4v) is 1.85. The summed E-state index contributed by atoms with van der Waals surface area (Å²) in [5.74, 6) is 5.27. The summed E-state index contributed by atoms with van der Waals surface area (Å²) >= 11 is 0. The van der Waals surface area contributed by atoms with Crippen LogP contribution in [0.3, 0.4) is 0 Å². The predicted octanol–water partition coefficient (Wildman–Crippen LogP) is 1.17. The minimum Gasteiger partial charge on any atom is -0.469 e. The smallest absolute Gasteiger partial charge is 0.308 e. The molecule has 76 valence electrons. The van der Waals surface area contributed by atoms with E-state index in [0.717, 1.165) is 25.7 Å². The van der Waals surface area contributed by atoms with Crippen molar-refractivity contribution >= 4 is 12.3 Å². The lowest BCUT2D eigenvalue weighted by molar-refractivity contribution is -0.146. The SMILES string of the molecule is COC(=O)C1CCCC(C#CC=O)C1. The molecule has 1 aliphatic carbocycles. The van der Waals surface area contributed by atoms with Crippen LogP contribution in [-0.2, 0) is 14.3 Å². The third kappa shape index (κ3) is 2.88. The summed E-state index contributed by atoms with van der Waals surface area (Å²) in [6.45, 7) is 0. The topological polar surface area (TPSA) is 43.4 Å². The highest BCUT2D eigenvalue weighted by Crippen LogP contribution is 2.29. The molecule has 0 N–H and O–H groups in total. The van der Waals surface area contributed by atoms with Gasteiger partial charge in [0.15, 0.2) is 6.29 Å². The molecule has 0 aliphatic heterocycles. The molecule has 3 heteroatoms. The maximum Gasteiger partial charge on any atom is 0.308 e. The van der Waals surface area contributed by atoms with E-state index in [1.807, 2.05) is 0 Å². The van der Waals surface area contributed by atoms with Crippen LogP contribution in [0.4, 0.5) is 0 Å². The van der Waals surface area contributed by atoms with Gasteiger partial charge in [-0.3, -0.25) is 9.59 Å². The van der Waals surface area contributed by atoms with Gasteiger partial charge in [-0.1, -0.05) is 12.3 Å². The molecule has 0 aromatic rings. The van der Waals surface area contributed by atoms with E-state index in [0.29, 0.717) is 6.29 Å². The van der Waals surface area contributed by atoms with Crippen molar-refractivity contribution < 1.29 is 14.3 Å². The Bertz CT molecular complexity index is 272. The van der Waals surface area contributed by atoms with E-state index in [4.69, 9.17) is 0 Å². The Balaban J connectivity index is 2.51. The van der Waals surface area contributed by atoms with Crippen LogP contribution in [0.1, 0.15) is 25.7 Å². The molecule has 3 nitrogen and oxygen atoms in total. The molecular weight excluding hydrogens is 180 g/mol. The Labute approximate surface area is 83.8 Å². The summed E-state index contributed by atoms with van der Waals surface area (Å²) in [6.07, 6.45) is 4.17. The first kappa shape index (κ1) is 10.8. The van der Waals surface area contributed by atoms with Gasteiger partial charge in [0.25, 0.3) is 0 Å². The zero-order valence-electron chi connectivity index (χ0n) is 8.29. The van der Waals surface area contributed by atoms with E-state index in [1.165, 1.54) is 7.11 Å². The highest BCUT2D eigenvalue weighted by Gasteiger charge is 2.26. The van der Waals surface area contributed by atoms with E-state index in [2.05, 4.69) is 16.6 Å². The lowest BCUT2D eigenvalue weighted by Crippen LogP contribution is -2.23. The van der Waals surface area contributed by atoms with Crippen LogP contribution in [0.2, 0.25) is 0 Å². The molecule has 0 heterocycles. The number of carbonyl (C=O) groups excluding carboxylic acids is 2. The molecule has 2 atom stereocenters. The van der Waals surface area contributed by atoms with E-state index in [9.17, 15) is 9.59 Å². The Morgan fingerprint density at radius 1 is 1.50 bits per heavy atom. The van der Waals surface area contributed by atoms with Crippen LogP contribution in [0.25, 0.3) is 0 Å². The van der Waals surface area contributed by atoms with Crippen molar-refractivity contribution in [3.8, 4) is 11.8 Å². The van der Waals surface area contributed by atoms with Crippen molar-refractivity contribution in [2.45, 2.75) is 25.7 Å². The molecule has 1 saturated carbocycles. The van der Waals surface area contributed by atoms with Crippen molar-refractivity contribution in [2.24, 2.45) is 11.8 Å². The van der Waals surface area contributed by atoms with Gasteiger partial charge < -0.3 is 4.74 Å². The molecule has 0 bridgehead atoms. The zero-order chi connectivity index (χ0) is 10.4. The van der Waals surface area contributed by atoms with Crippen LogP contribution in [-0.4, -0.2) is 19.4 Å². The molecule has 1 fully saturated rings. The van der Waals surface area contributed by atoms with Crippen molar-refractivity contribution in [1.82, 2.24) is 0 Å². The van der Waals surface area contributed by atoms with Gasteiger partial charge >= 0.3 is 5.97 Å². The summed E-state index contributed by atoms with van der Waals surface area (Å²) in [5, 5.41) is 0. The van der Waals surface area contributed by atoms with E-state index < -0.39 is 0 Å². The van der Waals surface area contributed by atoms with Crippen molar-refractivity contribution in [2.75, 3.05) is 7.11 Å². The fraction of sp³-hybridized carbons (Fsp3) is 0.636. The van der Waals surface area contributed by atoms with Gasteiger partial charge in [0.2, 0.25) is 0 Å². The van der Waals surface area contributed by atoms with Crippen LogP contribution in [0.5, 0.6) is 0 Å². The quantitative estimate of drug-likeness (QED) is 0.357. The van der Waals surface area contributed by atoms with Gasteiger partial charge in [0.1, 0.15) is 0 Å². The first-order chi connectivity index (χ1) is 6.77. The highest BCUT2D eigenvalue weighted by atomic mass is 16.5. The van der Waals surface area contributed by atoms with Gasteiger partial charge in [0, 0.05) is 5.92 Å². The van der Waals surface area contributed by atoms with Gasteiger partial charge in [-0.2, -0.15) is 0 Å². The normalized spacial score (nSPS) is 25.8. The van der Waals surface area contributed by atoms with Crippen LogP contribution >= 0.6 is 0 Å². The molecule has 14 heavy (non-hydrogen) atoms. The Morgan fingerprint density at radius 2 is 2.29 bits per heavy atom. The Hall–Kier alpha value is -1.30. The predicted molar refractivity (Wildman–Crippen MR) is 51.3 cm³/mol. The molecule has 0 amide bonds. The molecule has 0 radical (unpaired) electrons. The van der Waals surface area contributed by atoms with Gasteiger partial charge in [-0.25, -0.2) is 0 Å². The van der Waals surface area contributed by atoms with Crippen LogP contribution in [0, 0.1) is 23.7 Å². The van der Waals surface area contributed by atoms with Crippen molar-refractivity contribution in [3.63, 3.8) is 0 Å². The first-order valence-corrected chi connectivity index (χ1v) is 4.80. The number of rotatable bonds is 1. The second kappa shape index (κ2) is 5.43. The molecule has 0 saturated heterocycles. The van der Waals surface area contributed by atoms with Crippen LogP contribution < -0.4 is 0 Å². The lowest BCUT2D eigenvalue weighted by Gasteiger charge is -2.23. The fourth-order valence-electron chi connectivity index (χ4n) is 1.85. The summed E-state index contributed by atoms with van der Waals surface area (Å²) < 4.78 is 4.69. The number of carbonyl (C=O) groups is 2. The summed E-state index contributed by atoms with van der Waals surface area (Å²) in [7, 11) is 1.41. The van der Waals surface area contributed by atoms with Crippen molar-refractivity contribution in [3.05, 3.63) is 0 Å². The van der Waals surface area contributed by atoms with Gasteiger partial charge in [-0.05, 0) is 25.2 Å². The number of esters is 1. The second-order valence-corrected chi connectivity index (χ2v) is 3.49. The monoisotopic (exact) mass is 194 g/mol.